The third-order valence-corrected chi connectivity index (χ3v) is 3.29. The van der Waals surface area contributed by atoms with E-state index in [4.69, 9.17) is 5.73 Å². The highest BCUT2D eigenvalue weighted by atomic mass is 16.2. The first kappa shape index (κ1) is 15.4. The van der Waals surface area contributed by atoms with Crippen LogP contribution in [0.4, 0.5) is 10.5 Å². The van der Waals surface area contributed by atoms with Gasteiger partial charge in [-0.3, -0.25) is 9.59 Å². The normalized spacial score (nSPS) is 10.1. The summed E-state index contributed by atoms with van der Waals surface area (Å²) >= 11 is 0. The summed E-state index contributed by atoms with van der Waals surface area (Å²) in [5, 5.41) is 2.52. The molecule has 0 bridgehead atoms. The number of hydrogen-bond acceptors (Lipinski definition) is 3. The molecule has 2 aromatic rings. The van der Waals surface area contributed by atoms with E-state index < -0.39 is 6.03 Å². The van der Waals surface area contributed by atoms with Crippen molar-refractivity contribution in [3.05, 3.63) is 53.6 Å². The van der Waals surface area contributed by atoms with Gasteiger partial charge in [-0.25, -0.2) is 4.79 Å². The Hall–Kier alpha value is -2.95. The van der Waals surface area contributed by atoms with Crippen LogP contribution in [0.15, 0.2) is 42.5 Å². The lowest BCUT2D eigenvalue weighted by Gasteiger charge is -2.12. The molecule has 2 aromatic carbocycles. The fraction of sp³-hybridized carbons (Fsp3) is 0.118. The number of primary amides is 1. The molecule has 112 valence electrons. The number of hydrogen-bond donors (Lipinski definition) is 2. The number of nitrogens with two attached hydrogens (primary N) is 1. The fourth-order valence-electron chi connectivity index (χ4n) is 2.14. The Labute approximate surface area is 128 Å². The van der Waals surface area contributed by atoms with E-state index in [9.17, 15) is 14.4 Å². The molecule has 0 fully saturated rings. The van der Waals surface area contributed by atoms with Gasteiger partial charge in [-0.15, -0.1) is 0 Å². The van der Waals surface area contributed by atoms with Gasteiger partial charge in [0.2, 0.25) is 0 Å². The highest BCUT2D eigenvalue weighted by Crippen LogP contribution is 2.29. The maximum atomic E-state index is 11.5. The highest BCUT2D eigenvalue weighted by Gasteiger charge is 2.10. The van der Waals surface area contributed by atoms with E-state index in [0.717, 1.165) is 11.1 Å². The average Bonchev–Trinajstić information content (AvgIpc) is 2.46. The molecule has 0 spiro atoms. The molecule has 0 aromatic heterocycles. The quantitative estimate of drug-likeness (QED) is 0.849. The van der Waals surface area contributed by atoms with E-state index in [1.54, 1.807) is 42.5 Å². The summed E-state index contributed by atoms with van der Waals surface area (Å²) in [6.45, 7) is 2.95. The minimum Gasteiger partial charge on any atom is -0.351 e. The summed E-state index contributed by atoms with van der Waals surface area (Å²) in [4.78, 5) is 33.9. The van der Waals surface area contributed by atoms with Gasteiger partial charge >= 0.3 is 6.03 Å². The molecule has 0 unspecified atom stereocenters. The van der Waals surface area contributed by atoms with Crippen LogP contribution in [-0.2, 0) is 0 Å². The predicted octanol–water partition coefficient (Wildman–Crippen LogP) is 3.25. The lowest BCUT2D eigenvalue weighted by molar-refractivity contribution is 0.100. The minimum absolute atomic E-state index is 0.0195. The van der Waals surface area contributed by atoms with Gasteiger partial charge in [-0.05, 0) is 25.5 Å². The van der Waals surface area contributed by atoms with Crippen LogP contribution < -0.4 is 11.1 Å². The zero-order valence-electron chi connectivity index (χ0n) is 12.3. The number of rotatable bonds is 4. The topological polar surface area (TPSA) is 89.3 Å². The third-order valence-electron chi connectivity index (χ3n) is 3.29. The molecule has 0 radical (unpaired) electrons. The summed E-state index contributed by atoms with van der Waals surface area (Å²) in [6, 6.07) is 11.3. The van der Waals surface area contributed by atoms with Crippen molar-refractivity contribution in [2.45, 2.75) is 13.8 Å². The Balaban J connectivity index is 2.50. The number of benzene rings is 2. The molecule has 0 saturated heterocycles. The van der Waals surface area contributed by atoms with Crippen molar-refractivity contribution >= 4 is 23.3 Å². The van der Waals surface area contributed by atoms with E-state index >= 15 is 0 Å². The molecule has 0 saturated carbocycles. The number of nitrogens with one attached hydrogen (secondary N) is 1. The molecular weight excluding hydrogens is 280 g/mol. The largest absolute Gasteiger partial charge is 0.351 e. The van der Waals surface area contributed by atoms with Crippen LogP contribution in [0.25, 0.3) is 11.1 Å². The first-order valence-electron chi connectivity index (χ1n) is 6.71. The maximum Gasteiger partial charge on any atom is 0.316 e. The zero-order chi connectivity index (χ0) is 16.3. The van der Waals surface area contributed by atoms with Crippen molar-refractivity contribution in [1.82, 2.24) is 0 Å². The Kier molecular flexibility index (Phi) is 4.36. The van der Waals surface area contributed by atoms with Crippen molar-refractivity contribution in [3.8, 4) is 11.1 Å². The number of anilines is 1. The van der Waals surface area contributed by atoms with Crippen LogP contribution in [0.1, 0.15) is 34.6 Å². The molecular formula is C17H16N2O3. The molecule has 0 atom stereocenters. The summed E-state index contributed by atoms with van der Waals surface area (Å²) in [5.41, 5.74) is 8.25. The van der Waals surface area contributed by atoms with Crippen molar-refractivity contribution < 1.29 is 14.4 Å². The number of carbonyl (C=O) groups excluding carboxylic acids is 3. The smallest absolute Gasteiger partial charge is 0.316 e. The third kappa shape index (κ3) is 3.38. The van der Waals surface area contributed by atoms with E-state index in [1.165, 1.54) is 13.8 Å². The number of Topliss-reactive ketones (excluding diaryl/α,β-unsaturated/α-hetero) is 2. The number of urea groups is 1. The second kappa shape index (κ2) is 6.22. The predicted molar refractivity (Wildman–Crippen MR) is 85.1 cm³/mol. The molecule has 2 amide bonds. The molecule has 2 rings (SSSR count). The zero-order valence-corrected chi connectivity index (χ0v) is 12.3. The van der Waals surface area contributed by atoms with Crippen LogP contribution in [0.5, 0.6) is 0 Å². The molecule has 5 nitrogen and oxygen atoms in total. The summed E-state index contributed by atoms with van der Waals surface area (Å²) in [7, 11) is 0. The molecule has 0 aliphatic heterocycles. The minimum atomic E-state index is -0.706. The second-order valence-corrected chi connectivity index (χ2v) is 4.94. The van der Waals surface area contributed by atoms with E-state index in [2.05, 4.69) is 5.32 Å². The average molecular weight is 296 g/mol. The van der Waals surface area contributed by atoms with Gasteiger partial charge in [0, 0.05) is 16.7 Å². The van der Waals surface area contributed by atoms with Crippen LogP contribution >= 0.6 is 0 Å². The van der Waals surface area contributed by atoms with Crippen molar-refractivity contribution in [2.24, 2.45) is 5.73 Å². The van der Waals surface area contributed by atoms with Gasteiger partial charge in [-0.2, -0.15) is 0 Å². The number of carbonyl (C=O) groups is 3. The van der Waals surface area contributed by atoms with E-state index in [0.29, 0.717) is 16.8 Å². The van der Waals surface area contributed by atoms with Crippen molar-refractivity contribution in [2.75, 3.05) is 5.32 Å². The number of ketones is 2. The second-order valence-electron chi connectivity index (χ2n) is 4.94. The van der Waals surface area contributed by atoms with Gasteiger partial charge in [0.1, 0.15) is 0 Å². The standard InChI is InChI=1S/C17H16N2O3/c1-10(20)12-3-5-13(6-4-12)15-8-7-14(11(2)21)9-16(15)19-17(18)22/h3-9H,1-2H3,(H3,18,19,22). The Bertz CT molecular complexity index is 749. The van der Waals surface area contributed by atoms with Gasteiger partial charge in [0.15, 0.2) is 11.6 Å². The summed E-state index contributed by atoms with van der Waals surface area (Å²) in [5.74, 6) is -0.125. The maximum absolute atomic E-state index is 11.5. The monoisotopic (exact) mass is 296 g/mol. The Morgan fingerprint density at radius 3 is 1.91 bits per heavy atom. The van der Waals surface area contributed by atoms with Crippen molar-refractivity contribution in [3.63, 3.8) is 0 Å². The summed E-state index contributed by atoms with van der Waals surface area (Å²) in [6.07, 6.45) is 0. The summed E-state index contributed by atoms with van der Waals surface area (Å²) < 4.78 is 0. The first-order chi connectivity index (χ1) is 10.4. The molecule has 0 aliphatic carbocycles. The first-order valence-corrected chi connectivity index (χ1v) is 6.71. The van der Waals surface area contributed by atoms with E-state index in [1.807, 2.05) is 0 Å². The molecule has 22 heavy (non-hydrogen) atoms. The lowest BCUT2D eigenvalue weighted by atomic mass is 9.98. The lowest BCUT2D eigenvalue weighted by Crippen LogP contribution is -2.20. The molecule has 3 N–H and O–H groups in total. The number of amides is 2. The van der Waals surface area contributed by atoms with Crippen LogP contribution in [0.3, 0.4) is 0 Å². The van der Waals surface area contributed by atoms with Crippen molar-refractivity contribution in [1.29, 1.82) is 0 Å². The molecule has 5 heteroatoms. The van der Waals surface area contributed by atoms with Gasteiger partial charge in [0.05, 0.1) is 5.69 Å². The van der Waals surface area contributed by atoms with Crippen LogP contribution in [0, 0.1) is 0 Å². The molecule has 0 aliphatic rings. The highest BCUT2D eigenvalue weighted by molar-refractivity contribution is 6.00. The van der Waals surface area contributed by atoms with Gasteiger partial charge in [0.25, 0.3) is 0 Å². The van der Waals surface area contributed by atoms with Gasteiger partial charge < -0.3 is 11.1 Å². The SMILES string of the molecule is CC(=O)c1ccc(-c2ccc(C(C)=O)cc2NC(N)=O)cc1. The van der Waals surface area contributed by atoms with Gasteiger partial charge in [-0.1, -0.05) is 36.4 Å². The molecule has 0 heterocycles. The van der Waals surface area contributed by atoms with E-state index in [-0.39, 0.29) is 11.6 Å². The van der Waals surface area contributed by atoms with Crippen LogP contribution in [0.2, 0.25) is 0 Å². The fourth-order valence-corrected chi connectivity index (χ4v) is 2.14. The Morgan fingerprint density at radius 1 is 0.864 bits per heavy atom. The van der Waals surface area contributed by atoms with Crippen LogP contribution in [-0.4, -0.2) is 17.6 Å². The Morgan fingerprint density at radius 2 is 1.41 bits per heavy atom.